The first-order valence-corrected chi connectivity index (χ1v) is 16.0. The van der Waals surface area contributed by atoms with E-state index in [4.69, 9.17) is 14.5 Å². The van der Waals surface area contributed by atoms with Crippen LogP contribution in [0.5, 0.6) is 5.75 Å². The monoisotopic (exact) mass is 503 g/mol. The Morgan fingerprint density at radius 2 is 1.92 bits per heavy atom. The van der Waals surface area contributed by atoms with Crippen molar-refractivity contribution >= 4 is 29.9 Å². The molecular weight excluding hydrogens is 470 g/mol. The maximum absolute atomic E-state index is 12.3. The summed E-state index contributed by atoms with van der Waals surface area (Å²) in [5, 5.41) is 18.1. The fraction of sp³-hybridized carbons (Fsp3) is 0.407. The van der Waals surface area contributed by atoms with E-state index >= 15 is 0 Å². The summed E-state index contributed by atoms with van der Waals surface area (Å²) in [6, 6.07) is 14.4. The number of hydrogen-bond donors (Lipinski definition) is 1. The second-order valence-corrected chi connectivity index (χ2v) is 16.3. The molecule has 2 aromatic carbocycles. The summed E-state index contributed by atoms with van der Waals surface area (Å²) < 4.78 is 14.0. The van der Waals surface area contributed by atoms with E-state index < -0.39 is 8.07 Å². The number of fused-ring (bicyclic) bond motifs is 2. The summed E-state index contributed by atoms with van der Waals surface area (Å²) >= 11 is 0. The highest BCUT2D eigenvalue weighted by molar-refractivity contribution is 6.76. The summed E-state index contributed by atoms with van der Waals surface area (Å²) in [5.74, 6) is 1.61. The minimum atomic E-state index is -1.24. The maximum Gasteiger partial charge on any atom is 0.272 e. The van der Waals surface area contributed by atoms with Gasteiger partial charge in [-0.15, -0.1) is 0 Å². The fourth-order valence-corrected chi connectivity index (χ4v) is 4.69. The van der Waals surface area contributed by atoms with E-state index in [0.717, 1.165) is 34.0 Å². The van der Waals surface area contributed by atoms with Gasteiger partial charge in [0.25, 0.3) is 5.56 Å². The van der Waals surface area contributed by atoms with Gasteiger partial charge in [-0.25, -0.2) is 10.1 Å². The lowest BCUT2D eigenvalue weighted by Crippen LogP contribution is -2.22. The van der Waals surface area contributed by atoms with Crippen LogP contribution in [0, 0.1) is 17.2 Å². The Balaban J connectivity index is 1.76. The van der Waals surface area contributed by atoms with Gasteiger partial charge in [-0.3, -0.25) is 4.79 Å². The SMILES string of the molecule is CC(C)COc1cc2nc(Cc3n[nH]c(=O)c4ccccc34)n(COCC[Si](C)(C)C)c2cc1C#N. The van der Waals surface area contributed by atoms with Crippen molar-refractivity contribution in [2.24, 2.45) is 5.92 Å². The molecule has 0 bridgehead atoms. The Bertz CT molecular complexity index is 1480. The van der Waals surface area contributed by atoms with Crippen LogP contribution in [-0.4, -0.2) is 41.0 Å². The summed E-state index contributed by atoms with van der Waals surface area (Å²) in [7, 11) is -1.24. The summed E-state index contributed by atoms with van der Waals surface area (Å²) in [5.41, 5.74) is 2.50. The van der Waals surface area contributed by atoms with Crippen molar-refractivity contribution in [3.05, 3.63) is 63.8 Å². The van der Waals surface area contributed by atoms with Crippen LogP contribution >= 0.6 is 0 Å². The zero-order chi connectivity index (χ0) is 25.9. The molecule has 9 heteroatoms. The molecule has 0 fully saturated rings. The second kappa shape index (κ2) is 10.6. The number of imidazole rings is 1. The number of aromatic nitrogens is 4. The molecule has 0 aliphatic heterocycles. The lowest BCUT2D eigenvalue weighted by atomic mass is 10.1. The van der Waals surface area contributed by atoms with Crippen molar-refractivity contribution in [2.45, 2.75) is 52.7 Å². The van der Waals surface area contributed by atoms with E-state index in [1.54, 1.807) is 6.07 Å². The van der Waals surface area contributed by atoms with Gasteiger partial charge >= 0.3 is 0 Å². The summed E-state index contributed by atoms with van der Waals surface area (Å²) in [4.78, 5) is 17.2. The highest BCUT2D eigenvalue weighted by Crippen LogP contribution is 2.28. The zero-order valence-corrected chi connectivity index (χ0v) is 22.6. The standard InChI is InChI=1S/C27H33N5O3Si/c1-18(2)16-35-25-13-23-24(12-19(25)15-28)32(17-34-10-11-36(3,4)5)26(29-23)14-22-20-8-6-7-9-21(20)27(33)31-30-22/h6-9,12-13,18H,10-11,14,16-17H2,1-5H3,(H,31,33). The van der Waals surface area contributed by atoms with E-state index in [1.807, 2.05) is 34.9 Å². The molecule has 0 radical (unpaired) electrons. The molecule has 0 amide bonds. The molecular formula is C27H33N5O3Si. The van der Waals surface area contributed by atoms with Crippen LogP contribution in [-0.2, 0) is 17.9 Å². The summed E-state index contributed by atoms with van der Waals surface area (Å²) in [6.45, 7) is 12.6. The molecule has 0 saturated carbocycles. The van der Waals surface area contributed by atoms with Crippen LogP contribution in [0.2, 0.25) is 25.7 Å². The molecule has 4 rings (SSSR count). The molecule has 0 atom stereocenters. The van der Waals surface area contributed by atoms with Crippen LogP contribution in [0.1, 0.15) is 30.9 Å². The predicted molar refractivity (Wildman–Crippen MR) is 144 cm³/mol. The first-order valence-electron chi connectivity index (χ1n) is 12.3. The Labute approximate surface area is 211 Å². The molecule has 188 valence electrons. The van der Waals surface area contributed by atoms with Gasteiger partial charge in [-0.1, -0.05) is 51.7 Å². The van der Waals surface area contributed by atoms with Crippen molar-refractivity contribution in [1.82, 2.24) is 19.7 Å². The predicted octanol–water partition coefficient (Wildman–Crippen LogP) is 5.08. The Hall–Kier alpha value is -3.48. The molecule has 2 aromatic heterocycles. The van der Waals surface area contributed by atoms with E-state index in [9.17, 15) is 10.1 Å². The molecule has 0 spiro atoms. The van der Waals surface area contributed by atoms with E-state index in [-0.39, 0.29) is 5.56 Å². The van der Waals surface area contributed by atoms with E-state index in [2.05, 4.69) is 49.8 Å². The van der Waals surface area contributed by atoms with Gasteiger partial charge in [0, 0.05) is 26.1 Å². The lowest BCUT2D eigenvalue weighted by molar-refractivity contribution is 0.0881. The molecule has 8 nitrogen and oxygen atoms in total. The van der Waals surface area contributed by atoms with Crippen molar-refractivity contribution in [3.8, 4) is 11.8 Å². The minimum absolute atomic E-state index is 0.219. The van der Waals surface area contributed by atoms with Gasteiger partial charge < -0.3 is 14.0 Å². The van der Waals surface area contributed by atoms with Crippen LogP contribution < -0.4 is 10.3 Å². The van der Waals surface area contributed by atoms with Gasteiger partial charge in [0.05, 0.1) is 40.7 Å². The van der Waals surface area contributed by atoms with E-state index in [0.29, 0.717) is 49.0 Å². The van der Waals surface area contributed by atoms with Crippen LogP contribution in [0.25, 0.3) is 21.8 Å². The number of benzene rings is 2. The number of hydrogen-bond acceptors (Lipinski definition) is 6. The first kappa shape index (κ1) is 25.6. The molecule has 2 heterocycles. The third kappa shape index (κ3) is 5.83. The van der Waals surface area contributed by atoms with Crippen LogP contribution in [0.3, 0.4) is 0 Å². The lowest BCUT2D eigenvalue weighted by Gasteiger charge is -2.16. The average molecular weight is 504 g/mol. The van der Waals surface area contributed by atoms with E-state index in [1.165, 1.54) is 0 Å². The number of aromatic amines is 1. The average Bonchev–Trinajstić information content (AvgIpc) is 3.16. The Kier molecular flexibility index (Phi) is 7.57. The van der Waals surface area contributed by atoms with Gasteiger partial charge in [0.15, 0.2) is 0 Å². The molecule has 4 aromatic rings. The number of ether oxygens (including phenoxy) is 2. The second-order valence-electron chi connectivity index (χ2n) is 10.7. The topological polar surface area (TPSA) is 106 Å². The van der Waals surface area contributed by atoms with Gasteiger partial charge in [0.1, 0.15) is 24.4 Å². The number of rotatable bonds is 10. The first-order chi connectivity index (χ1) is 17.2. The van der Waals surface area contributed by atoms with Crippen molar-refractivity contribution in [2.75, 3.05) is 13.2 Å². The van der Waals surface area contributed by atoms with Gasteiger partial charge in [-0.05, 0) is 24.1 Å². The Morgan fingerprint density at radius 1 is 1.17 bits per heavy atom. The number of nitrogens with one attached hydrogen (secondary N) is 1. The van der Waals surface area contributed by atoms with Crippen molar-refractivity contribution in [3.63, 3.8) is 0 Å². The normalized spacial score (nSPS) is 11.9. The van der Waals surface area contributed by atoms with Crippen LogP contribution in [0.15, 0.2) is 41.2 Å². The number of nitrogens with zero attached hydrogens (tertiary/aromatic N) is 4. The molecule has 0 aliphatic carbocycles. The fourth-order valence-electron chi connectivity index (χ4n) is 3.93. The highest BCUT2D eigenvalue weighted by atomic mass is 28.3. The Morgan fingerprint density at radius 3 is 2.61 bits per heavy atom. The molecule has 36 heavy (non-hydrogen) atoms. The van der Waals surface area contributed by atoms with Crippen molar-refractivity contribution in [1.29, 1.82) is 5.26 Å². The molecule has 0 unspecified atom stereocenters. The third-order valence-corrected chi connectivity index (χ3v) is 7.64. The number of H-pyrrole nitrogens is 1. The van der Waals surface area contributed by atoms with Gasteiger partial charge in [0.2, 0.25) is 0 Å². The van der Waals surface area contributed by atoms with Gasteiger partial charge in [-0.2, -0.15) is 10.4 Å². The molecule has 0 saturated heterocycles. The van der Waals surface area contributed by atoms with Crippen molar-refractivity contribution < 1.29 is 9.47 Å². The number of nitriles is 1. The smallest absolute Gasteiger partial charge is 0.272 e. The van der Waals surface area contributed by atoms with Crippen LogP contribution in [0.4, 0.5) is 0 Å². The largest absolute Gasteiger partial charge is 0.492 e. The third-order valence-electron chi connectivity index (χ3n) is 5.94. The maximum atomic E-state index is 12.3. The molecule has 1 N–H and O–H groups in total. The quantitative estimate of drug-likeness (QED) is 0.239. The summed E-state index contributed by atoms with van der Waals surface area (Å²) in [6.07, 6.45) is 0.396. The molecule has 0 aliphatic rings. The minimum Gasteiger partial charge on any atom is -0.492 e. The zero-order valence-electron chi connectivity index (χ0n) is 21.6. The highest BCUT2D eigenvalue weighted by Gasteiger charge is 2.19.